The lowest BCUT2D eigenvalue weighted by molar-refractivity contribution is -0.111. The average molecular weight is 591 g/mol. The van der Waals surface area contributed by atoms with E-state index in [0.29, 0.717) is 11.1 Å². The second-order valence-electron chi connectivity index (χ2n) is 11.6. The molecule has 8 heteroatoms. The van der Waals surface area contributed by atoms with Gasteiger partial charge in [-0.05, 0) is 48.0 Å². The third-order valence-corrected chi connectivity index (χ3v) is 12.0. The molecule has 0 radical (unpaired) electrons. The van der Waals surface area contributed by atoms with Gasteiger partial charge < -0.3 is 23.7 Å². The molecule has 0 fully saturated rings. The lowest BCUT2D eigenvalue weighted by Crippen LogP contribution is -2.56. The SMILES string of the molecule is CO[C@H](/C=C\c1ccccc1)[C@@H](O)[C@H](O[Si](C)(C)C(C)(C)C)[C@H](COC(=O)c1ccccc1)OC(=O)c1ccccc1. The highest BCUT2D eigenvalue weighted by atomic mass is 28.4. The number of carbonyl (C=O) groups excluding carboxylic acids is 2. The van der Waals surface area contributed by atoms with Crippen LogP contribution in [0.4, 0.5) is 0 Å². The van der Waals surface area contributed by atoms with E-state index in [4.69, 9.17) is 18.6 Å². The number of esters is 2. The van der Waals surface area contributed by atoms with Crippen LogP contribution in [-0.4, -0.2) is 63.5 Å². The first-order chi connectivity index (χ1) is 19.9. The first kappa shape index (κ1) is 32.9. The average Bonchev–Trinajstić information content (AvgIpc) is 2.99. The van der Waals surface area contributed by atoms with Crippen LogP contribution < -0.4 is 0 Å². The van der Waals surface area contributed by atoms with Crippen LogP contribution in [0.15, 0.2) is 97.1 Å². The van der Waals surface area contributed by atoms with Crippen LogP contribution in [0.5, 0.6) is 0 Å². The number of methoxy groups -OCH3 is 1. The van der Waals surface area contributed by atoms with Gasteiger partial charge in [0, 0.05) is 7.11 Å². The molecule has 0 aliphatic heterocycles. The van der Waals surface area contributed by atoms with Crippen LogP contribution in [0.3, 0.4) is 0 Å². The Kier molecular flexibility index (Phi) is 11.8. The fourth-order valence-electron chi connectivity index (χ4n) is 3.96. The molecule has 3 aromatic carbocycles. The van der Waals surface area contributed by atoms with Gasteiger partial charge in [0.1, 0.15) is 24.9 Å². The van der Waals surface area contributed by atoms with Crippen molar-refractivity contribution in [2.24, 2.45) is 0 Å². The van der Waals surface area contributed by atoms with Crippen LogP contribution in [0.1, 0.15) is 47.1 Å². The first-order valence-electron chi connectivity index (χ1n) is 14.0. The van der Waals surface area contributed by atoms with Crippen LogP contribution in [0, 0.1) is 0 Å². The van der Waals surface area contributed by atoms with E-state index in [2.05, 4.69) is 20.8 Å². The van der Waals surface area contributed by atoms with Crippen LogP contribution in [-0.2, 0) is 18.6 Å². The van der Waals surface area contributed by atoms with Gasteiger partial charge in [-0.3, -0.25) is 0 Å². The Labute approximate surface area is 250 Å². The normalized spacial score (nSPS) is 15.0. The van der Waals surface area contributed by atoms with E-state index in [1.54, 1.807) is 66.7 Å². The molecule has 0 aliphatic rings. The molecule has 4 atom stereocenters. The Hall–Kier alpha value is -3.56. The van der Waals surface area contributed by atoms with Crippen molar-refractivity contribution in [1.82, 2.24) is 0 Å². The van der Waals surface area contributed by atoms with Crippen molar-refractivity contribution >= 4 is 26.3 Å². The standard InChI is InChI=1S/C34H42O7Si/c1-34(2,3)42(5,6)41-31(30(35)28(38-4)23-22-25-16-10-7-11-17-25)29(40-33(37)27-20-14-9-15-21-27)24-39-32(36)26-18-12-8-13-19-26/h7-23,28-31,35H,24H2,1-6H3/b23-22-/t28-,29+,30-,31-/m1/s1. The van der Waals surface area contributed by atoms with Gasteiger partial charge in [-0.25, -0.2) is 9.59 Å². The quantitative estimate of drug-likeness (QED) is 0.178. The molecule has 1 N–H and O–H groups in total. The molecule has 0 saturated carbocycles. The molecule has 3 aromatic rings. The molecule has 0 bridgehead atoms. The molecule has 42 heavy (non-hydrogen) atoms. The maximum absolute atomic E-state index is 13.3. The smallest absolute Gasteiger partial charge is 0.338 e. The summed E-state index contributed by atoms with van der Waals surface area (Å²) in [5.41, 5.74) is 1.61. The topological polar surface area (TPSA) is 91.3 Å². The summed E-state index contributed by atoms with van der Waals surface area (Å²) in [6.07, 6.45) is -0.713. The van der Waals surface area contributed by atoms with Crippen molar-refractivity contribution in [2.45, 2.75) is 63.3 Å². The molecule has 7 nitrogen and oxygen atoms in total. The summed E-state index contributed by atoms with van der Waals surface area (Å²) in [4.78, 5) is 26.2. The number of hydrogen-bond donors (Lipinski definition) is 1. The Morgan fingerprint density at radius 3 is 1.83 bits per heavy atom. The van der Waals surface area contributed by atoms with E-state index in [1.807, 2.05) is 49.5 Å². The molecular weight excluding hydrogens is 548 g/mol. The zero-order valence-corrected chi connectivity index (χ0v) is 26.2. The number of benzene rings is 3. The summed E-state index contributed by atoms with van der Waals surface area (Å²) in [6, 6.07) is 26.7. The molecule has 0 spiro atoms. The van der Waals surface area contributed by atoms with Crippen molar-refractivity contribution < 1.29 is 33.3 Å². The van der Waals surface area contributed by atoms with Gasteiger partial charge in [0.25, 0.3) is 0 Å². The van der Waals surface area contributed by atoms with Crippen LogP contribution in [0.2, 0.25) is 18.1 Å². The van der Waals surface area contributed by atoms with E-state index in [-0.39, 0.29) is 11.6 Å². The fourth-order valence-corrected chi connectivity index (χ4v) is 5.29. The third kappa shape index (κ3) is 9.22. The second-order valence-corrected chi connectivity index (χ2v) is 16.3. The summed E-state index contributed by atoms with van der Waals surface area (Å²) in [5, 5.41) is 11.6. The highest BCUT2D eigenvalue weighted by Crippen LogP contribution is 2.38. The minimum Gasteiger partial charge on any atom is -0.458 e. The van der Waals surface area contributed by atoms with Crippen LogP contribution in [0.25, 0.3) is 6.08 Å². The van der Waals surface area contributed by atoms with E-state index in [9.17, 15) is 14.7 Å². The predicted octanol–water partition coefficient (Wildman–Crippen LogP) is 6.55. The molecule has 0 aromatic heterocycles. The molecular formula is C34H42O7Si. The summed E-state index contributed by atoms with van der Waals surface area (Å²) >= 11 is 0. The van der Waals surface area contributed by atoms with Gasteiger partial charge in [-0.1, -0.05) is 99.7 Å². The molecule has 224 valence electrons. The van der Waals surface area contributed by atoms with Crippen molar-refractivity contribution in [3.05, 3.63) is 114 Å². The number of carbonyl (C=O) groups is 2. The number of rotatable bonds is 13. The largest absolute Gasteiger partial charge is 0.458 e. The molecule has 0 aliphatic carbocycles. The molecule has 3 rings (SSSR count). The summed E-state index contributed by atoms with van der Waals surface area (Å²) in [5.74, 6) is -1.20. The van der Waals surface area contributed by atoms with Crippen molar-refractivity contribution in [1.29, 1.82) is 0 Å². The number of aliphatic hydroxyl groups is 1. The second kappa shape index (κ2) is 15.1. The zero-order valence-electron chi connectivity index (χ0n) is 25.2. The Morgan fingerprint density at radius 1 is 0.833 bits per heavy atom. The minimum atomic E-state index is -2.56. The molecule has 0 unspecified atom stereocenters. The first-order valence-corrected chi connectivity index (χ1v) is 16.9. The molecule has 0 saturated heterocycles. The number of ether oxygens (including phenoxy) is 3. The van der Waals surface area contributed by atoms with Crippen molar-refractivity contribution in [2.75, 3.05) is 13.7 Å². The van der Waals surface area contributed by atoms with Crippen LogP contribution >= 0.6 is 0 Å². The van der Waals surface area contributed by atoms with Gasteiger partial charge >= 0.3 is 11.9 Å². The zero-order chi connectivity index (χ0) is 30.8. The van der Waals surface area contributed by atoms with Gasteiger partial charge in [-0.15, -0.1) is 0 Å². The van der Waals surface area contributed by atoms with Gasteiger partial charge in [0.15, 0.2) is 14.4 Å². The van der Waals surface area contributed by atoms with Gasteiger partial charge in [-0.2, -0.15) is 0 Å². The Bertz CT molecular complexity index is 1290. The van der Waals surface area contributed by atoms with E-state index in [0.717, 1.165) is 5.56 Å². The van der Waals surface area contributed by atoms with E-state index in [1.165, 1.54) is 7.11 Å². The maximum atomic E-state index is 13.3. The predicted molar refractivity (Wildman–Crippen MR) is 167 cm³/mol. The van der Waals surface area contributed by atoms with E-state index < -0.39 is 44.7 Å². The molecule has 0 heterocycles. The number of aliphatic hydroxyl groups excluding tert-OH is 1. The maximum Gasteiger partial charge on any atom is 0.338 e. The minimum absolute atomic E-state index is 0.234. The number of hydrogen-bond acceptors (Lipinski definition) is 7. The molecule has 0 amide bonds. The lowest BCUT2D eigenvalue weighted by Gasteiger charge is -2.43. The Morgan fingerprint density at radius 2 is 1.33 bits per heavy atom. The van der Waals surface area contributed by atoms with Crippen molar-refractivity contribution in [3.63, 3.8) is 0 Å². The van der Waals surface area contributed by atoms with E-state index >= 15 is 0 Å². The van der Waals surface area contributed by atoms with Gasteiger partial charge in [0.05, 0.1) is 11.1 Å². The summed E-state index contributed by atoms with van der Waals surface area (Å²) in [6.45, 7) is 9.98. The fraction of sp³-hybridized carbons (Fsp3) is 0.353. The summed E-state index contributed by atoms with van der Waals surface area (Å²) < 4.78 is 24.1. The van der Waals surface area contributed by atoms with Gasteiger partial charge in [0.2, 0.25) is 0 Å². The monoisotopic (exact) mass is 590 g/mol. The Balaban J connectivity index is 1.99. The third-order valence-electron chi connectivity index (χ3n) is 7.48. The lowest BCUT2D eigenvalue weighted by atomic mass is 10.0. The van der Waals surface area contributed by atoms with Crippen molar-refractivity contribution in [3.8, 4) is 0 Å². The summed E-state index contributed by atoms with van der Waals surface area (Å²) in [7, 11) is -1.07. The highest BCUT2D eigenvalue weighted by molar-refractivity contribution is 6.74. The highest BCUT2D eigenvalue weighted by Gasteiger charge is 2.46.